The summed E-state index contributed by atoms with van der Waals surface area (Å²) in [7, 11) is 1.69. The zero-order valence-corrected chi connectivity index (χ0v) is 20.0. The van der Waals surface area contributed by atoms with Crippen LogP contribution in [0.1, 0.15) is 47.4 Å². The molecule has 4 aromatic rings. The minimum atomic E-state index is 0.0238. The van der Waals surface area contributed by atoms with E-state index in [0.717, 1.165) is 38.2 Å². The Bertz CT molecular complexity index is 1270. The van der Waals surface area contributed by atoms with Crippen LogP contribution < -0.4 is 4.74 Å². The Kier molecular flexibility index (Phi) is 6.39. The summed E-state index contributed by atoms with van der Waals surface area (Å²) in [4.78, 5) is 15.3. The maximum absolute atomic E-state index is 13.3. The van der Waals surface area contributed by atoms with Gasteiger partial charge < -0.3 is 14.2 Å². The summed E-state index contributed by atoms with van der Waals surface area (Å²) < 4.78 is 7.63. The van der Waals surface area contributed by atoms with Crippen LogP contribution >= 0.6 is 0 Å². The second kappa shape index (κ2) is 9.76. The second-order valence-electron chi connectivity index (χ2n) is 9.33. The van der Waals surface area contributed by atoms with Gasteiger partial charge >= 0.3 is 0 Å². The fraction of sp³-hybridized carbons (Fsp3) is 0.300. The predicted molar refractivity (Wildman–Crippen MR) is 137 cm³/mol. The lowest BCUT2D eigenvalue weighted by Gasteiger charge is -2.21. The number of carbonyl (C=O) groups is 1. The highest BCUT2D eigenvalue weighted by Gasteiger charge is 2.26. The summed E-state index contributed by atoms with van der Waals surface area (Å²) >= 11 is 0. The van der Waals surface area contributed by atoms with E-state index >= 15 is 0 Å². The van der Waals surface area contributed by atoms with Crippen LogP contribution in [0.25, 0.3) is 10.9 Å². The quantitative estimate of drug-likeness (QED) is 0.337. The number of carbonyl (C=O) groups excluding carboxylic acids is 1. The SMILES string of the molecule is COc1ccc(Cn2cc([C@H](CC(=O)N3CCCC3)c3ccc(C)cc3)c3ccccc32)cc1. The highest BCUT2D eigenvalue weighted by atomic mass is 16.5. The third kappa shape index (κ3) is 4.58. The zero-order chi connectivity index (χ0) is 23.5. The second-order valence-corrected chi connectivity index (χ2v) is 9.33. The van der Waals surface area contributed by atoms with Crippen molar-refractivity contribution in [2.24, 2.45) is 0 Å². The molecule has 1 atom stereocenters. The molecule has 0 saturated carbocycles. The molecule has 2 heterocycles. The Morgan fingerprint density at radius 2 is 1.65 bits per heavy atom. The van der Waals surface area contributed by atoms with E-state index in [0.29, 0.717) is 6.42 Å². The van der Waals surface area contributed by atoms with Crippen LogP contribution in [0, 0.1) is 6.92 Å². The minimum absolute atomic E-state index is 0.0238. The zero-order valence-electron chi connectivity index (χ0n) is 20.0. The van der Waals surface area contributed by atoms with Gasteiger partial charge in [0.2, 0.25) is 5.91 Å². The Morgan fingerprint density at radius 1 is 0.941 bits per heavy atom. The molecule has 174 valence electrons. The molecular formula is C30H32N2O2. The van der Waals surface area contributed by atoms with Crippen molar-refractivity contribution in [1.82, 2.24) is 9.47 Å². The molecule has 1 saturated heterocycles. The number of benzene rings is 3. The van der Waals surface area contributed by atoms with Crippen molar-refractivity contribution in [1.29, 1.82) is 0 Å². The van der Waals surface area contributed by atoms with Crippen LogP contribution in [0.3, 0.4) is 0 Å². The number of likely N-dealkylation sites (tertiary alicyclic amines) is 1. The van der Waals surface area contributed by atoms with Crippen molar-refractivity contribution in [2.45, 2.75) is 38.6 Å². The standard InChI is InChI=1S/C30H32N2O2/c1-22-9-13-24(14-10-22)27(19-30(33)31-17-5-6-18-31)28-21-32(29-8-4-3-7-26(28)29)20-23-11-15-25(34-2)16-12-23/h3-4,7-16,21,27H,5-6,17-20H2,1-2H3/t27-/m1/s1. The van der Waals surface area contributed by atoms with E-state index in [1.807, 2.05) is 17.0 Å². The van der Waals surface area contributed by atoms with E-state index in [9.17, 15) is 4.79 Å². The molecule has 1 amide bonds. The van der Waals surface area contributed by atoms with Gasteiger partial charge in [0, 0.05) is 49.1 Å². The minimum Gasteiger partial charge on any atom is -0.497 e. The summed E-state index contributed by atoms with van der Waals surface area (Å²) in [6.45, 7) is 4.65. The molecule has 0 spiro atoms. The molecule has 1 aromatic heterocycles. The number of amides is 1. The van der Waals surface area contributed by atoms with Gasteiger partial charge in [-0.3, -0.25) is 4.79 Å². The number of aryl methyl sites for hydroxylation is 1. The Balaban J connectivity index is 1.55. The molecular weight excluding hydrogens is 420 g/mol. The molecule has 1 aliphatic heterocycles. The van der Waals surface area contributed by atoms with E-state index in [2.05, 4.69) is 78.4 Å². The third-order valence-corrected chi connectivity index (χ3v) is 7.02. The molecule has 4 heteroatoms. The topological polar surface area (TPSA) is 34.5 Å². The van der Waals surface area contributed by atoms with Crippen molar-refractivity contribution >= 4 is 16.8 Å². The molecule has 1 aliphatic rings. The van der Waals surface area contributed by atoms with Gasteiger partial charge in [0.25, 0.3) is 0 Å². The molecule has 0 radical (unpaired) electrons. The van der Waals surface area contributed by atoms with E-state index in [1.54, 1.807) is 7.11 Å². The lowest BCUT2D eigenvalue weighted by molar-refractivity contribution is -0.130. The number of aromatic nitrogens is 1. The number of para-hydroxylation sites is 1. The summed E-state index contributed by atoms with van der Waals surface area (Å²) in [6.07, 6.45) is 4.99. The number of nitrogens with zero attached hydrogens (tertiary/aromatic N) is 2. The van der Waals surface area contributed by atoms with E-state index in [4.69, 9.17) is 4.74 Å². The maximum Gasteiger partial charge on any atom is 0.223 e. The van der Waals surface area contributed by atoms with Crippen molar-refractivity contribution in [3.63, 3.8) is 0 Å². The van der Waals surface area contributed by atoms with Gasteiger partial charge in [0.1, 0.15) is 5.75 Å². The van der Waals surface area contributed by atoms with Gasteiger partial charge in [-0.2, -0.15) is 0 Å². The number of rotatable bonds is 7. The summed E-state index contributed by atoms with van der Waals surface area (Å²) in [5.74, 6) is 1.15. The van der Waals surface area contributed by atoms with Gasteiger partial charge in [-0.15, -0.1) is 0 Å². The summed E-state index contributed by atoms with van der Waals surface area (Å²) in [6, 6.07) is 25.5. The maximum atomic E-state index is 13.3. The van der Waals surface area contributed by atoms with Crippen molar-refractivity contribution < 1.29 is 9.53 Å². The Labute approximate surface area is 201 Å². The number of methoxy groups -OCH3 is 1. The van der Waals surface area contributed by atoms with Gasteiger partial charge in [-0.25, -0.2) is 0 Å². The summed E-state index contributed by atoms with van der Waals surface area (Å²) in [5.41, 5.74) is 6.06. The van der Waals surface area contributed by atoms with E-state index in [1.165, 1.54) is 33.2 Å². The predicted octanol–water partition coefficient (Wildman–Crippen LogP) is 6.15. The smallest absolute Gasteiger partial charge is 0.223 e. The highest BCUT2D eigenvalue weighted by Crippen LogP contribution is 2.36. The van der Waals surface area contributed by atoms with Crippen molar-refractivity contribution in [3.8, 4) is 5.75 Å². The van der Waals surface area contributed by atoms with Gasteiger partial charge in [0.15, 0.2) is 0 Å². The fourth-order valence-corrected chi connectivity index (χ4v) is 5.09. The van der Waals surface area contributed by atoms with Crippen molar-refractivity contribution in [2.75, 3.05) is 20.2 Å². The number of fused-ring (bicyclic) bond motifs is 1. The molecule has 0 unspecified atom stereocenters. The van der Waals surface area contributed by atoms with Gasteiger partial charge in [0.05, 0.1) is 7.11 Å². The van der Waals surface area contributed by atoms with Gasteiger partial charge in [-0.1, -0.05) is 60.2 Å². The number of ether oxygens (including phenoxy) is 1. The van der Waals surface area contributed by atoms with Crippen LogP contribution in [0.15, 0.2) is 79.0 Å². The normalized spacial score (nSPS) is 14.5. The first-order valence-electron chi connectivity index (χ1n) is 12.2. The van der Waals surface area contributed by atoms with Crippen LogP contribution in [0.4, 0.5) is 0 Å². The average molecular weight is 453 g/mol. The van der Waals surface area contributed by atoms with Crippen LogP contribution in [0.5, 0.6) is 5.75 Å². The van der Waals surface area contributed by atoms with Crippen molar-refractivity contribution in [3.05, 3.63) is 101 Å². The lowest BCUT2D eigenvalue weighted by Crippen LogP contribution is -2.29. The molecule has 0 bridgehead atoms. The molecule has 0 aliphatic carbocycles. The van der Waals surface area contributed by atoms with Crippen LogP contribution in [-0.4, -0.2) is 35.6 Å². The first-order valence-corrected chi connectivity index (χ1v) is 12.2. The first-order chi connectivity index (χ1) is 16.6. The largest absolute Gasteiger partial charge is 0.497 e. The number of hydrogen-bond acceptors (Lipinski definition) is 2. The number of hydrogen-bond donors (Lipinski definition) is 0. The molecule has 5 rings (SSSR count). The van der Waals surface area contributed by atoms with Crippen LogP contribution in [-0.2, 0) is 11.3 Å². The first kappa shape index (κ1) is 22.3. The fourth-order valence-electron chi connectivity index (χ4n) is 5.09. The third-order valence-electron chi connectivity index (χ3n) is 7.02. The monoisotopic (exact) mass is 452 g/mol. The molecule has 1 fully saturated rings. The highest BCUT2D eigenvalue weighted by molar-refractivity contribution is 5.87. The van der Waals surface area contributed by atoms with E-state index < -0.39 is 0 Å². The van der Waals surface area contributed by atoms with Crippen LogP contribution in [0.2, 0.25) is 0 Å². The molecule has 3 aromatic carbocycles. The molecule has 0 N–H and O–H groups in total. The van der Waals surface area contributed by atoms with Gasteiger partial charge in [-0.05, 0) is 54.7 Å². The Morgan fingerprint density at radius 3 is 2.35 bits per heavy atom. The average Bonchev–Trinajstić information content (AvgIpc) is 3.53. The summed E-state index contributed by atoms with van der Waals surface area (Å²) in [5, 5.41) is 1.22. The lowest BCUT2D eigenvalue weighted by atomic mass is 9.87. The van der Waals surface area contributed by atoms with E-state index in [-0.39, 0.29) is 11.8 Å². The Hall–Kier alpha value is -3.53. The molecule has 4 nitrogen and oxygen atoms in total. The molecule has 34 heavy (non-hydrogen) atoms.